The van der Waals surface area contributed by atoms with E-state index in [9.17, 15) is 14.7 Å². The first-order valence-electron chi connectivity index (χ1n) is 14.0. The number of hydrogen-bond donors (Lipinski definition) is 1. The Morgan fingerprint density at radius 3 is 2.28 bits per heavy atom. The highest BCUT2D eigenvalue weighted by molar-refractivity contribution is 5.67. The van der Waals surface area contributed by atoms with Crippen LogP contribution in [-0.4, -0.2) is 35.5 Å². The quantitative estimate of drug-likeness (QED) is 0.483. The lowest BCUT2D eigenvalue weighted by atomic mass is 9.30. The minimum atomic E-state index is -0.824. The lowest BCUT2D eigenvalue weighted by Crippen LogP contribution is -2.73. The monoisotopic (exact) mass is 502 g/mol. The molecule has 10 unspecified atom stereocenters. The van der Waals surface area contributed by atoms with Crippen molar-refractivity contribution in [2.75, 3.05) is 0 Å². The van der Waals surface area contributed by atoms with Crippen LogP contribution in [0.4, 0.5) is 0 Å². The van der Waals surface area contributed by atoms with Gasteiger partial charge in [-0.3, -0.25) is 9.59 Å². The Hall–Kier alpha value is -1.56. The molecule has 5 rings (SSSR count). The van der Waals surface area contributed by atoms with Crippen molar-refractivity contribution in [3.05, 3.63) is 11.8 Å². The third kappa shape index (κ3) is 3.18. The molecule has 0 aromatic carbocycles. The molecule has 0 saturated heterocycles. The van der Waals surface area contributed by atoms with Gasteiger partial charge in [0.25, 0.3) is 6.29 Å². The number of aliphatic hydroxyl groups is 1. The summed E-state index contributed by atoms with van der Waals surface area (Å²) in [6.07, 6.45) is 7.07. The number of carbonyl (C=O) groups excluding carboxylic acids is 2. The average Bonchev–Trinajstić information content (AvgIpc) is 3.16. The summed E-state index contributed by atoms with van der Waals surface area (Å²) in [6, 6.07) is 0. The molecule has 4 fully saturated rings. The van der Waals surface area contributed by atoms with Crippen LogP contribution in [0.25, 0.3) is 0 Å². The summed E-state index contributed by atoms with van der Waals surface area (Å²) < 4.78 is 17.5. The molecule has 0 aromatic rings. The van der Waals surface area contributed by atoms with E-state index in [1.807, 2.05) is 0 Å². The largest absolute Gasteiger partial charge is 0.462 e. The minimum absolute atomic E-state index is 0.0764. The first-order chi connectivity index (χ1) is 16.6. The van der Waals surface area contributed by atoms with Gasteiger partial charge in [-0.25, -0.2) is 0 Å². The highest BCUT2D eigenvalue weighted by Gasteiger charge is 2.76. The van der Waals surface area contributed by atoms with Crippen LogP contribution in [0.5, 0.6) is 0 Å². The average molecular weight is 503 g/mol. The molecule has 0 spiro atoms. The first kappa shape index (κ1) is 26.1. The lowest BCUT2D eigenvalue weighted by molar-refractivity contribution is -0.300. The van der Waals surface area contributed by atoms with Crippen molar-refractivity contribution in [3.63, 3.8) is 0 Å². The van der Waals surface area contributed by atoms with E-state index < -0.39 is 29.9 Å². The molecular weight excluding hydrogens is 456 g/mol. The van der Waals surface area contributed by atoms with E-state index in [4.69, 9.17) is 14.2 Å². The van der Waals surface area contributed by atoms with E-state index in [-0.39, 0.29) is 28.1 Å². The zero-order valence-corrected chi connectivity index (χ0v) is 23.5. The van der Waals surface area contributed by atoms with Crippen LogP contribution in [-0.2, 0) is 23.8 Å². The maximum absolute atomic E-state index is 12.2. The Morgan fingerprint density at radius 2 is 1.64 bits per heavy atom. The summed E-state index contributed by atoms with van der Waals surface area (Å²) >= 11 is 0. The maximum Gasteiger partial charge on any atom is 0.305 e. The smallest absolute Gasteiger partial charge is 0.305 e. The van der Waals surface area contributed by atoms with E-state index in [0.29, 0.717) is 23.7 Å². The van der Waals surface area contributed by atoms with Crippen molar-refractivity contribution >= 4 is 11.9 Å². The van der Waals surface area contributed by atoms with Gasteiger partial charge in [0.15, 0.2) is 0 Å². The van der Waals surface area contributed by atoms with Gasteiger partial charge in [0.1, 0.15) is 6.10 Å². The lowest BCUT2D eigenvalue weighted by Gasteiger charge is -2.75. The molecule has 202 valence electrons. The predicted molar refractivity (Wildman–Crippen MR) is 135 cm³/mol. The molecule has 6 heteroatoms. The standard InChI is InChI=1S/C30H46O6/c1-17(31)35-20-15-29(7)28(6)13-10-21-26(3,4)11-9-12-27(21,5)22(28)14-23(33)30(29,8)24-19(20)16-34-25(24)36-18(2)32/h16,20-25,33H,9-15H2,1-8H3. The molecule has 0 bridgehead atoms. The summed E-state index contributed by atoms with van der Waals surface area (Å²) in [5.41, 5.74) is 0.220. The number of ether oxygens (including phenoxy) is 3. The zero-order valence-electron chi connectivity index (χ0n) is 23.5. The molecule has 10 atom stereocenters. The zero-order chi connectivity index (χ0) is 26.5. The van der Waals surface area contributed by atoms with Gasteiger partial charge in [-0.05, 0) is 72.0 Å². The van der Waals surface area contributed by atoms with Gasteiger partial charge in [0.2, 0.25) is 0 Å². The fraction of sp³-hybridized carbons (Fsp3) is 0.867. The summed E-state index contributed by atoms with van der Waals surface area (Å²) in [7, 11) is 0. The van der Waals surface area contributed by atoms with Gasteiger partial charge in [0.05, 0.1) is 18.3 Å². The molecule has 0 aromatic heterocycles. The molecule has 5 aliphatic rings. The second-order valence-electron chi connectivity index (χ2n) is 14.3. The highest BCUT2D eigenvalue weighted by Crippen LogP contribution is 2.78. The topological polar surface area (TPSA) is 82.1 Å². The van der Waals surface area contributed by atoms with E-state index in [1.54, 1.807) is 6.26 Å². The van der Waals surface area contributed by atoms with Crippen molar-refractivity contribution in [3.8, 4) is 0 Å². The Balaban J connectivity index is 1.65. The molecular formula is C30H46O6. The predicted octanol–water partition coefficient (Wildman–Crippen LogP) is 5.77. The number of rotatable bonds is 2. The molecule has 0 amide bonds. The molecule has 4 aliphatic carbocycles. The summed E-state index contributed by atoms with van der Waals surface area (Å²) in [5.74, 6) is -0.129. The van der Waals surface area contributed by atoms with Gasteiger partial charge in [-0.2, -0.15) is 0 Å². The second kappa shape index (κ2) is 7.97. The fourth-order valence-electron chi connectivity index (χ4n) is 10.7. The summed E-state index contributed by atoms with van der Waals surface area (Å²) in [5, 5.41) is 12.2. The van der Waals surface area contributed by atoms with E-state index in [2.05, 4.69) is 41.5 Å². The summed E-state index contributed by atoms with van der Waals surface area (Å²) in [6.45, 7) is 17.1. The van der Waals surface area contributed by atoms with Gasteiger partial charge < -0.3 is 19.3 Å². The fourth-order valence-corrected chi connectivity index (χ4v) is 10.7. The maximum atomic E-state index is 12.2. The highest BCUT2D eigenvalue weighted by atomic mass is 16.7. The van der Waals surface area contributed by atoms with Gasteiger partial charge >= 0.3 is 11.9 Å². The van der Waals surface area contributed by atoms with E-state index in [1.165, 1.54) is 39.5 Å². The number of fused-ring (bicyclic) bond motifs is 7. The van der Waals surface area contributed by atoms with E-state index in [0.717, 1.165) is 18.4 Å². The molecule has 1 heterocycles. The van der Waals surface area contributed by atoms with Crippen LogP contribution in [0, 0.1) is 44.8 Å². The van der Waals surface area contributed by atoms with Gasteiger partial charge in [-0.15, -0.1) is 0 Å². The SMILES string of the molecule is CC(=O)OC1CC2(C)C3(C)CCC4C(C)(C)CCCC4(C)C3CC(O)C2(C)C2C1=COC2OC(C)=O. The Morgan fingerprint density at radius 1 is 0.972 bits per heavy atom. The number of aliphatic hydroxyl groups excluding tert-OH is 1. The summed E-state index contributed by atoms with van der Waals surface area (Å²) in [4.78, 5) is 24.3. The molecule has 1 aliphatic heterocycles. The number of esters is 2. The van der Waals surface area contributed by atoms with Crippen LogP contribution in [0.1, 0.15) is 100 Å². The van der Waals surface area contributed by atoms with Crippen molar-refractivity contribution in [1.29, 1.82) is 0 Å². The van der Waals surface area contributed by atoms with Crippen molar-refractivity contribution in [2.45, 2.75) is 119 Å². The van der Waals surface area contributed by atoms with Crippen LogP contribution < -0.4 is 0 Å². The van der Waals surface area contributed by atoms with Crippen LogP contribution in [0.2, 0.25) is 0 Å². The molecule has 4 saturated carbocycles. The van der Waals surface area contributed by atoms with Crippen molar-refractivity contribution < 1.29 is 28.9 Å². The molecule has 36 heavy (non-hydrogen) atoms. The number of hydrogen-bond acceptors (Lipinski definition) is 6. The molecule has 1 N–H and O–H groups in total. The van der Waals surface area contributed by atoms with Gasteiger partial charge in [-0.1, -0.05) is 48.0 Å². The normalized spacial score (nSPS) is 50.9. The van der Waals surface area contributed by atoms with Crippen LogP contribution in [0.15, 0.2) is 11.8 Å². The molecule has 0 radical (unpaired) electrons. The van der Waals surface area contributed by atoms with Crippen molar-refractivity contribution in [2.24, 2.45) is 44.8 Å². The minimum Gasteiger partial charge on any atom is -0.462 e. The second-order valence-corrected chi connectivity index (χ2v) is 14.3. The third-order valence-corrected chi connectivity index (χ3v) is 12.6. The Kier molecular flexibility index (Phi) is 5.77. The number of carbonyl (C=O) groups is 2. The third-order valence-electron chi connectivity index (χ3n) is 12.6. The Bertz CT molecular complexity index is 986. The van der Waals surface area contributed by atoms with Crippen LogP contribution in [0.3, 0.4) is 0 Å². The van der Waals surface area contributed by atoms with Crippen LogP contribution >= 0.6 is 0 Å². The Labute approximate surface area is 216 Å². The molecule has 6 nitrogen and oxygen atoms in total. The van der Waals surface area contributed by atoms with E-state index >= 15 is 0 Å². The first-order valence-corrected chi connectivity index (χ1v) is 14.0. The van der Waals surface area contributed by atoms with Gasteiger partial charge in [0, 0.05) is 24.8 Å². The van der Waals surface area contributed by atoms with Crippen molar-refractivity contribution in [1.82, 2.24) is 0 Å².